The summed E-state index contributed by atoms with van der Waals surface area (Å²) in [4.78, 5) is 20.8. The molecule has 0 aromatic heterocycles. The lowest BCUT2D eigenvalue weighted by atomic mass is 10.1. The number of halogens is 1. The number of anilines is 1. The molecule has 1 aromatic carbocycles. The summed E-state index contributed by atoms with van der Waals surface area (Å²) in [6, 6.07) is 8.12. The van der Waals surface area contributed by atoms with E-state index < -0.39 is 0 Å². The summed E-state index contributed by atoms with van der Waals surface area (Å²) < 4.78 is 10.7. The van der Waals surface area contributed by atoms with Crippen LogP contribution in [0.15, 0.2) is 29.3 Å². The topological polar surface area (TPSA) is 78.4 Å². The second-order valence-corrected chi connectivity index (χ2v) is 7.41. The van der Waals surface area contributed by atoms with Gasteiger partial charge in [-0.05, 0) is 31.4 Å². The van der Waals surface area contributed by atoms with Crippen molar-refractivity contribution >= 4 is 41.5 Å². The number of piperidine rings is 1. The number of guanidine groups is 1. The first kappa shape index (κ1) is 24.7. The van der Waals surface area contributed by atoms with Crippen LogP contribution in [-0.2, 0) is 9.53 Å². The fourth-order valence-electron chi connectivity index (χ4n) is 3.75. The van der Waals surface area contributed by atoms with Crippen LogP contribution in [0.5, 0.6) is 5.75 Å². The fourth-order valence-corrected chi connectivity index (χ4v) is 3.75. The Bertz CT molecular complexity index is 695. The minimum atomic E-state index is 0. The van der Waals surface area contributed by atoms with Crippen LogP contribution in [0.2, 0.25) is 0 Å². The molecule has 0 aliphatic carbocycles. The highest BCUT2D eigenvalue weighted by Gasteiger charge is 2.24. The van der Waals surface area contributed by atoms with E-state index in [-0.39, 0.29) is 36.5 Å². The van der Waals surface area contributed by atoms with E-state index in [1.807, 2.05) is 29.2 Å². The third kappa shape index (κ3) is 6.98. The Balaban J connectivity index is 0.00000320. The monoisotopic (exact) mass is 531 g/mol. The summed E-state index contributed by atoms with van der Waals surface area (Å²) in [7, 11) is 3.54. The predicted molar refractivity (Wildman–Crippen MR) is 130 cm³/mol. The number of nitrogens with one attached hydrogen (secondary N) is 2. The van der Waals surface area contributed by atoms with Crippen molar-refractivity contribution in [2.75, 3.05) is 65.0 Å². The van der Waals surface area contributed by atoms with Crippen LogP contribution in [0, 0.1) is 0 Å². The molecule has 0 spiro atoms. The molecule has 0 bridgehead atoms. The number of methoxy groups -OCH3 is 1. The Hall–Kier alpha value is -1.59. The van der Waals surface area contributed by atoms with Gasteiger partial charge in [-0.2, -0.15) is 0 Å². The zero-order chi connectivity index (χ0) is 20.5. The lowest BCUT2D eigenvalue weighted by molar-refractivity contribution is -0.121. The Morgan fingerprint density at radius 3 is 2.77 bits per heavy atom. The molecule has 2 aliphatic rings. The van der Waals surface area contributed by atoms with Crippen LogP contribution in [0.3, 0.4) is 0 Å². The molecule has 3 rings (SSSR count). The van der Waals surface area contributed by atoms with Crippen molar-refractivity contribution in [2.45, 2.75) is 25.3 Å². The fraction of sp³-hybridized carbons (Fsp3) is 0.619. The third-order valence-electron chi connectivity index (χ3n) is 5.42. The second kappa shape index (κ2) is 13.0. The SMILES string of the molecule is CN=C(NCCCN1C(=O)COc2ccccc21)NC1CCN(CCOC)CC1.I. The van der Waals surface area contributed by atoms with Crippen LogP contribution >= 0.6 is 24.0 Å². The number of carbonyl (C=O) groups excluding carboxylic acids is 1. The molecule has 168 valence electrons. The van der Waals surface area contributed by atoms with Crippen LogP contribution < -0.4 is 20.3 Å². The molecule has 0 saturated carbocycles. The van der Waals surface area contributed by atoms with Crippen molar-refractivity contribution in [1.82, 2.24) is 15.5 Å². The van der Waals surface area contributed by atoms with Gasteiger partial charge in [0.1, 0.15) is 5.75 Å². The Labute approximate surface area is 196 Å². The van der Waals surface area contributed by atoms with Gasteiger partial charge in [0.05, 0.1) is 12.3 Å². The van der Waals surface area contributed by atoms with Gasteiger partial charge in [-0.25, -0.2) is 0 Å². The molecule has 8 nitrogen and oxygen atoms in total. The average molecular weight is 531 g/mol. The summed E-state index contributed by atoms with van der Waals surface area (Å²) in [5, 5.41) is 6.90. The number of likely N-dealkylation sites (tertiary alicyclic amines) is 1. The molecule has 0 unspecified atom stereocenters. The number of rotatable bonds is 8. The standard InChI is InChI=1S/C21H33N5O3.HI/c1-22-21(24-17-8-12-25(13-9-17)14-15-28-2)23-10-5-11-26-18-6-3-4-7-19(18)29-16-20(26)27;/h3-4,6-7,17H,5,8-16H2,1-2H3,(H2,22,23,24);1H. The minimum absolute atomic E-state index is 0. The van der Waals surface area contributed by atoms with Gasteiger partial charge in [0.2, 0.25) is 0 Å². The first-order valence-electron chi connectivity index (χ1n) is 10.4. The molecule has 30 heavy (non-hydrogen) atoms. The molecule has 1 fully saturated rings. The van der Waals surface area contributed by atoms with Crippen molar-refractivity contribution in [1.29, 1.82) is 0 Å². The highest BCUT2D eigenvalue weighted by molar-refractivity contribution is 14.0. The lowest BCUT2D eigenvalue weighted by Crippen LogP contribution is -2.49. The van der Waals surface area contributed by atoms with Crippen LogP contribution in [0.1, 0.15) is 19.3 Å². The number of hydrogen-bond donors (Lipinski definition) is 2. The maximum Gasteiger partial charge on any atom is 0.265 e. The van der Waals surface area contributed by atoms with E-state index in [0.29, 0.717) is 12.6 Å². The van der Waals surface area contributed by atoms with Crippen molar-refractivity contribution in [3.05, 3.63) is 24.3 Å². The van der Waals surface area contributed by atoms with Crippen molar-refractivity contribution in [3.8, 4) is 5.75 Å². The number of ether oxygens (including phenoxy) is 2. The quantitative estimate of drug-likeness (QED) is 0.230. The third-order valence-corrected chi connectivity index (χ3v) is 5.42. The second-order valence-electron chi connectivity index (χ2n) is 7.41. The number of carbonyl (C=O) groups is 1. The molecule has 1 aromatic rings. The number of aliphatic imine (C=N–C) groups is 1. The summed E-state index contributed by atoms with van der Waals surface area (Å²) >= 11 is 0. The highest BCUT2D eigenvalue weighted by atomic mass is 127. The van der Waals surface area contributed by atoms with Crippen LogP contribution in [0.25, 0.3) is 0 Å². The molecular formula is C21H34IN5O3. The summed E-state index contributed by atoms with van der Waals surface area (Å²) in [6.45, 7) is 5.46. The van der Waals surface area contributed by atoms with Gasteiger partial charge in [0, 0.05) is 52.9 Å². The van der Waals surface area contributed by atoms with E-state index in [1.54, 1.807) is 14.2 Å². The smallest absolute Gasteiger partial charge is 0.265 e. The molecule has 1 amide bonds. The number of para-hydroxylation sites is 2. The number of nitrogens with zero attached hydrogens (tertiary/aromatic N) is 3. The average Bonchev–Trinajstić information content (AvgIpc) is 2.76. The van der Waals surface area contributed by atoms with Gasteiger partial charge in [-0.15, -0.1) is 24.0 Å². The Kier molecular flexibility index (Phi) is 10.7. The van der Waals surface area contributed by atoms with E-state index in [9.17, 15) is 4.79 Å². The number of benzene rings is 1. The molecule has 1 saturated heterocycles. The summed E-state index contributed by atoms with van der Waals surface area (Å²) in [5.41, 5.74) is 0.853. The molecular weight excluding hydrogens is 497 g/mol. The number of hydrogen-bond acceptors (Lipinski definition) is 5. The van der Waals surface area contributed by atoms with Crippen LogP contribution in [-0.4, -0.2) is 82.9 Å². The van der Waals surface area contributed by atoms with Crippen molar-refractivity contribution < 1.29 is 14.3 Å². The number of fused-ring (bicyclic) bond motifs is 1. The first-order chi connectivity index (χ1) is 14.2. The Morgan fingerprint density at radius 2 is 2.03 bits per heavy atom. The van der Waals surface area contributed by atoms with Crippen LogP contribution in [0.4, 0.5) is 5.69 Å². The molecule has 2 aliphatic heterocycles. The Morgan fingerprint density at radius 1 is 1.27 bits per heavy atom. The molecule has 0 atom stereocenters. The van der Waals surface area contributed by atoms with E-state index in [2.05, 4.69) is 20.5 Å². The van der Waals surface area contributed by atoms with Gasteiger partial charge >= 0.3 is 0 Å². The minimum Gasteiger partial charge on any atom is -0.482 e. The van der Waals surface area contributed by atoms with E-state index in [4.69, 9.17) is 9.47 Å². The summed E-state index contributed by atoms with van der Waals surface area (Å²) in [5.74, 6) is 1.61. The lowest BCUT2D eigenvalue weighted by Gasteiger charge is -2.33. The van der Waals surface area contributed by atoms with E-state index in [1.165, 1.54) is 0 Å². The van der Waals surface area contributed by atoms with Crippen molar-refractivity contribution in [2.24, 2.45) is 4.99 Å². The van der Waals surface area contributed by atoms with Gasteiger partial charge in [-0.1, -0.05) is 12.1 Å². The van der Waals surface area contributed by atoms with Gasteiger partial charge < -0.3 is 29.9 Å². The maximum atomic E-state index is 12.2. The molecule has 2 N–H and O–H groups in total. The first-order valence-corrected chi connectivity index (χ1v) is 10.4. The predicted octanol–water partition coefficient (Wildman–Crippen LogP) is 1.70. The van der Waals surface area contributed by atoms with Gasteiger partial charge in [0.15, 0.2) is 12.6 Å². The van der Waals surface area contributed by atoms with Gasteiger partial charge in [0.25, 0.3) is 5.91 Å². The largest absolute Gasteiger partial charge is 0.482 e. The molecule has 9 heteroatoms. The zero-order valence-electron chi connectivity index (χ0n) is 17.9. The summed E-state index contributed by atoms with van der Waals surface area (Å²) in [6.07, 6.45) is 3.03. The zero-order valence-corrected chi connectivity index (χ0v) is 20.3. The molecule has 2 heterocycles. The normalized spacial score (nSPS) is 17.7. The van der Waals surface area contributed by atoms with Gasteiger partial charge in [-0.3, -0.25) is 9.79 Å². The molecule has 0 radical (unpaired) electrons. The van der Waals surface area contributed by atoms with E-state index >= 15 is 0 Å². The van der Waals surface area contributed by atoms with E-state index in [0.717, 1.165) is 69.4 Å². The highest BCUT2D eigenvalue weighted by Crippen LogP contribution is 2.31. The maximum absolute atomic E-state index is 12.2. The number of amides is 1. The van der Waals surface area contributed by atoms with Crippen molar-refractivity contribution in [3.63, 3.8) is 0 Å².